The molecule has 0 atom stereocenters. The number of anilines is 2. The van der Waals surface area contributed by atoms with Crippen LogP contribution in [0.15, 0.2) is 76.6 Å². The van der Waals surface area contributed by atoms with E-state index in [-0.39, 0.29) is 17.7 Å². The Balaban J connectivity index is 1.56. The molecule has 0 aliphatic rings. The molecule has 0 bridgehead atoms. The van der Waals surface area contributed by atoms with Gasteiger partial charge in [-0.15, -0.1) is 0 Å². The fraction of sp³-hybridized carbons (Fsp3) is 0.130. The molecule has 0 spiro atoms. The SMILES string of the molecule is CCNC(=O)Nc1cccc(NC(=O)c2oc3ccccc3c2CSc2ncccn2)c1. The minimum atomic E-state index is -0.374. The van der Waals surface area contributed by atoms with E-state index < -0.39 is 0 Å². The molecule has 0 aliphatic heterocycles. The Morgan fingerprint density at radius 3 is 2.50 bits per heavy atom. The molecule has 2 aromatic heterocycles. The normalized spacial score (nSPS) is 10.7. The largest absolute Gasteiger partial charge is 0.451 e. The molecular weight excluding hydrogens is 426 g/mol. The van der Waals surface area contributed by atoms with E-state index in [4.69, 9.17) is 4.42 Å². The quantitative estimate of drug-likeness (QED) is 0.274. The molecule has 0 saturated heterocycles. The third-order valence-corrected chi connectivity index (χ3v) is 5.41. The Bertz CT molecular complexity index is 1240. The first kappa shape index (κ1) is 21.4. The predicted molar refractivity (Wildman–Crippen MR) is 125 cm³/mol. The van der Waals surface area contributed by atoms with Crippen molar-refractivity contribution in [3.8, 4) is 0 Å². The number of carbonyl (C=O) groups excluding carboxylic acids is 2. The number of nitrogens with zero attached hydrogens (tertiary/aromatic N) is 2. The maximum Gasteiger partial charge on any atom is 0.319 e. The van der Waals surface area contributed by atoms with Gasteiger partial charge in [-0.25, -0.2) is 14.8 Å². The predicted octanol–water partition coefficient (Wildman–Crippen LogP) is 4.91. The minimum absolute atomic E-state index is 0.233. The van der Waals surface area contributed by atoms with Crippen LogP contribution in [0.4, 0.5) is 16.2 Å². The summed E-state index contributed by atoms with van der Waals surface area (Å²) in [5.41, 5.74) is 2.51. The lowest BCUT2D eigenvalue weighted by Gasteiger charge is -2.09. The highest BCUT2D eigenvalue weighted by Crippen LogP contribution is 2.31. The number of urea groups is 1. The second-order valence-electron chi connectivity index (χ2n) is 6.75. The average molecular weight is 448 g/mol. The maximum absolute atomic E-state index is 13.1. The van der Waals surface area contributed by atoms with Crippen LogP contribution in [0.2, 0.25) is 0 Å². The minimum Gasteiger partial charge on any atom is -0.451 e. The molecule has 162 valence electrons. The van der Waals surface area contributed by atoms with Crippen molar-refractivity contribution in [2.24, 2.45) is 0 Å². The first-order chi connectivity index (χ1) is 15.6. The van der Waals surface area contributed by atoms with E-state index in [0.717, 1.165) is 10.9 Å². The van der Waals surface area contributed by atoms with Gasteiger partial charge in [0.1, 0.15) is 5.58 Å². The summed E-state index contributed by atoms with van der Waals surface area (Å²) < 4.78 is 5.90. The number of para-hydroxylation sites is 1. The van der Waals surface area contributed by atoms with Gasteiger partial charge in [0, 0.05) is 47.0 Å². The number of carbonyl (C=O) groups is 2. The third-order valence-electron chi connectivity index (χ3n) is 4.51. The Kier molecular flexibility index (Phi) is 6.66. The molecule has 2 heterocycles. The summed E-state index contributed by atoms with van der Waals surface area (Å²) in [7, 11) is 0. The van der Waals surface area contributed by atoms with Crippen molar-refractivity contribution in [1.82, 2.24) is 15.3 Å². The number of furan rings is 1. The van der Waals surface area contributed by atoms with Crippen LogP contribution in [-0.4, -0.2) is 28.5 Å². The summed E-state index contributed by atoms with van der Waals surface area (Å²) in [6, 6.07) is 15.9. The molecule has 9 heteroatoms. The standard InChI is InChI=1S/C23H21N5O3S/c1-2-24-22(30)28-16-8-5-7-15(13-16)27-21(29)20-18(14-32-23-25-11-6-12-26-23)17-9-3-4-10-19(17)31-20/h3-13H,2,14H2,1H3,(H,27,29)(H2,24,28,30). The highest BCUT2D eigenvalue weighted by molar-refractivity contribution is 7.98. The van der Waals surface area contributed by atoms with E-state index in [1.165, 1.54) is 11.8 Å². The van der Waals surface area contributed by atoms with E-state index >= 15 is 0 Å². The average Bonchev–Trinajstić information content (AvgIpc) is 3.17. The fourth-order valence-electron chi connectivity index (χ4n) is 3.12. The van der Waals surface area contributed by atoms with E-state index in [1.807, 2.05) is 31.2 Å². The van der Waals surface area contributed by atoms with Crippen molar-refractivity contribution in [2.75, 3.05) is 17.2 Å². The number of aromatic nitrogens is 2. The van der Waals surface area contributed by atoms with Crippen LogP contribution in [0, 0.1) is 0 Å². The van der Waals surface area contributed by atoms with Crippen LogP contribution in [0.1, 0.15) is 23.0 Å². The topological polar surface area (TPSA) is 109 Å². The van der Waals surface area contributed by atoms with Gasteiger partial charge in [-0.2, -0.15) is 0 Å². The molecule has 0 unspecified atom stereocenters. The molecule has 0 fully saturated rings. The smallest absolute Gasteiger partial charge is 0.319 e. The van der Waals surface area contributed by atoms with Gasteiger partial charge in [0.15, 0.2) is 10.9 Å². The van der Waals surface area contributed by atoms with Crippen LogP contribution < -0.4 is 16.0 Å². The van der Waals surface area contributed by atoms with E-state index in [9.17, 15) is 9.59 Å². The van der Waals surface area contributed by atoms with Crippen molar-refractivity contribution in [2.45, 2.75) is 17.8 Å². The first-order valence-corrected chi connectivity index (χ1v) is 11.0. The number of hydrogen-bond acceptors (Lipinski definition) is 6. The Morgan fingerprint density at radius 2 is 1.72 bits per heavy atom. The number of rotatable bonds is 7. The lowest BCUT2D eigenvalue weighted by molar-refractivity contribution is 0.0998. The molecule has 0 aliphatic carbocycles. The van der Waals surface area contributed by atoms with Crippen molar-refractivity contribution in [1.29, 1.82) is 0 Å². The number of nitrogens with one attached hydrogen (secondary N) is 3. The van der Waals surface area contributed by atoms with E-state index in [0.29, 0.717) is 34.4 Å². The van der Waals surface area contributed by atoms with Crippen LogP contribution in [-0.2, 0) is 5.75 Å². The highest BCUT2D eigenvalue weighted by atomic mass is 32.2. The molecule has 0 saturated carbocycles. The van der Waals surface area contributed by atoms with Gasteiger partial charge >= 0.3 is 6.03 Å². The zero-order valence-corrected chi connectivity index (χ0v) is 18.1. The zero-order valence-electron chi connectivity index (χ0n) is 17.3. The highest BCUT2D eigenvalue weighted by Gasteiger charge is 2.21. The van der Waals surface area contributed by atoms with E-state index in [2.05, 4.69) is 25.9 Å². The summed E-state index contributed by atoms with van der Waals surface area (Å²) in [5, 5.41) is 9.74. The zero-order chi connectivity index (χ0) is 22.3. The summed E-state index contributed by atoms with van der Waals surface area (Å²) in [6.07, 6.45) is 3.36. The summed E-state index contributed by atoms with van der Waals surface area (Å²) in [6.45, 7) is 2.35. The molecule has 4 aromatic rings. The van der Waals surface area contributed by atoms with Crippen LogP contribution in [0.25, 0.3) is 11.0 Å². The number of fused-ring (bicyclic) bond motifs is 1. The number of thioether (sulfide) groups is 1. The molecule has 3 amide bonds. The molecule has 2 aromatic carbocycles. The van der Waals surface area contributed by atoms with E-state index in [1.54, 1.807) is 42.7 Å². The number of amides is 3. The molecular formula is C23H21N5O3S. The summed E-state index contributed by atoms with van der Waals surface area (Å²) >= 11 is 1.43. The number of hydrogen-bond donors (Lipinski definition) is 3. The Hall–Kier alpha value is -3.85. The van der Waals surface area contributed by atoms with Gasteiger partial charge < -0.3 is 20.4 Å². The molecule has 8 nitrogen and oxygen atoms in total. The Labute approximate surface area is 188 Å². The first-order valence-electron chi connectivity index (χ1n) is 10.0. The fourth-order valence-corrected chi connectivity index (χ4v) is 3.95. The van der Waals surface area contributed by atoms with Crippen molar-refractivity contribution >= 4 is 46.0 Å². The van der Waals surface area contributed by atoms with Gasteiger partial charge in [0.2, 0.25) is 0 Å². The van der Waals surface area contributed by atoms with Gasteiger partial charge in [-0.1, -0.05) is 36.0 Å². The van der Waals surface area contributed by atoms with Crippen LogP contribution >= 0.6 is 11.8 Å². The summed E-state index contributed by atoms with van der Waals surface area (Å²) in [4.78, 5) is 33.3. The third kappa shape index (κ3) is 5.06. The monoisotopic (exact) mass is 447 g/mol. The second-order valence-corrected chi connectivity index (χ2v) is 7.69. The molecule has 3 N–H and O–H groups in total. The van der Waals surface area contributed by atoms with Crippen LogP contribution in [0.5, 0.6) is 0 Å². The van der Waals surface area contributed by atoms with Crippen molar-refractivity contribution in [3.63, 3.8) is 0 Å². The number of benzene rings is 2. The van der Waals surface area contributed by atoms with Gasteiger partial charge in [0.05, 0.1) is 0 Å². The maximum atomic E-state index is 13.1. The van der Waals surface area contributed by atoms with Gasteiger partial charge in [-0.05, 0) is 37.3 Å². The lowest BCUT2D eigenvalue weighted by Crippen LogP contribution is -2.28. The second kappa shape index (κ2) is 9.97. The van der Waals surface area contributed by atoms with Crippen molar-refractivity contribution in [3.05, 3.63) is 78.3 Å². The molecule has 32 heavy (non-hydrogen) atoms. The Morgan fingerprint density at radius 1 is 0.969 bits per heavy atom. The lowest BCUT2D eigenvalue weighted by atomic mass is 10.1. The molecule has 0 radical (unpaired) electrons. The van der Waals surface area contributed by atoms with Crippen LogP contribution in [0.3, 0.4) is 0 Å². The molecule has 4 rings (SSSR count). The van der Waals surface area contributed by atoms with Gasteiger partial charge in [-0.3, -0.25) is 4.79 Å². The van der Waals surface area contributed by atoms with Gasteiger partial charge in [0.25, 0.3) is 5.91 Å². The summed E-state index contributed by atoms with van der Waals surface area (Å²) in [5.74, 6) is 0.334. The van der Waals surface area contributed by atoms with Crippen molar-refractivity contribution < 1.29 is 14.0 Å².